The van der Waals surface area contributed by atoms with Crippen LogP contribution in [0.1, 0.15) is 5.82 Å². The first kappa shape index (κ1) is 13.2. The van der Waals surface area contributed by atoms with Crippen LogP contribution < -0.4 is 10.5 Å². The Morgan fingerprint density at radius 2 is 2.10 bits per heavy atom. The average Bonchev–Trinajstić information content (AvgIpc) is 2.80. The van der Waals surface area contributed by atoms with Crippen molar-refractivity contribution < 1.29 is 13.5 Å². The second kappa shape index (κ2) is 4.97. The van der Waals surface area contributed by atoms with Gasteiger partial charge in [-0.15, -0.1) is 0 Å². The molecular weight excluding hydrogens is 280 g/mol. The van der Waals surface area contributed by atoms with Crippen LogP contribution in [0.5, 0.6) is 5.75 Å². The number of benzene rings is 1. The molecule has 0 bridgehead atoms. The van der Waals surface area contributed by atoms with E-state index in [1.807, 2.05) is 0 Å². The van der Waals surface area contributed by atoms with Gasteiger partial charge >= 0.3 is 0 Å². The molecule has 6 nitrogen and oxygen atoms in total. The zero-order chi connectivity index (χ0) is 15.0. The maximum Gasteiger partial charge on any atom is 0.170 e. The predicted molar refractivity (Wildman–Crippen MR) is 71.4 cm³/mol. The van der Waals surface area contributed by atoms with Gasteiger partial charge in [0.05, 0.1) is 11.6 Å². The van der Waals surface area contributed by atoms with Crippen LogP contribution in [-0.2, 0) is 13.7 Å². The molecule has 3 aromatic rings. The second-order valence-corrected chi connectivity index (χ2v) is 4.39. The lowest BCUT2D eigenvalue weighted by Crippen LogP contribution is -2.06. The number of halogens is 2. The Morgan fingerprint density at radius 3 is 2.86 bits per heavy atom. The lowest BCUT2D eigenvalue weighted by molar-refractivity contribution is 0.280. The third-order valence-corrected chi connectivity index (χ3v) is 2.92. The molecule has 0 aliphatic rings. The number of hydrogen-bond acceptors (Lipinski definition) is 5. The highest BCUT2D eigenvalue weighted by Gasteiger charge is 2.11. The first-order valence-electron chi connectivity index (χ1n) is 6.06. The number of ether oxygens (including phenoxy) is 1. The summed E-state index contributed by atoms with van der Waals surface area (Å²) in [4.78, 5) is 8.31. The zero-order valence-corrected chi connectivity index (χ0v) is 11.0. The number of aromatic nitrogens is 4. The summed E-state index contributed by atoms with van der Waals surface area (Å²) in [7, 11) is 1.72. The van der Waals surface area contributed by atoms with E-state index in [9.17, 15) is 8.78 Å². The molecule has 0 aliphatic heterocycles. The quantitative estimate of drug-likeness (QED) is 0.796. The summed E-state index contributed by atoms with van der Waals surface area (Å²) in [6.07, 6.45) is 1.56. The molecule has 108 valence electrons. The van der Waals surface area contributed by atoms with Crippen LogP contribution >= 0.6 is 0 Å². The molecule has 1 aromatic carbocycles. The highest BCUT2D eigenvalue weighted by molar-refractivity contribution is 5.84. The van der Waals surface area contributed by atoms with Crippen LogP contribution in [0.25, 0.3) is 11.0 Å². The van der Waals surface area contributed by atoms with Gasteiger partial charge in [-0.25, -0.2) is 18.7 Å². The molecule has 0 aliphatic carbocycles. The molecule has 3 rings (SSSR count). The molecule has 2 aromatic heterocycles. The highest BCUT2D eigenvalue weighted by Crippen LogP contribution is 2.20. The Morgan fingerprint density at radius 1 is 1.29 bits per heavy atom. The highest BCUT2D eigenvalue weighted by atomic mass is 19.1. The summed E-state index contributed by atoms with van der Waals surface area (Å²) in [6.45, 7) is -0.0894. The van der Waals surface area contributed by atoms with E-state index in [1.54, 1.807) is 17.9 Å². The van der Waals surface area contributed by atoms with Gasteiger partial charge in [0, 0.05) is 13.1 Å². The SMILES string of the molecule is Cn1ncc2c(N)nc(COc3ccc(F)cc3F)nc21. The van der Waals surface area contributed by atoms with E-state index in [2.05, 4.69) is 15.1 Å². The third-order valence-electron chi connectivity index (χ3n) is 2.92. The molecule has 0 amide bonds. The number of nitrogens with two attached hydrogens (primary N) is 1. The first-order valence-corrected chi connectivity index (χ1v) is 6.06. The van der Waals surface area contributed by atoms with Crippen molar-refractivity contribution >= 4 is 16.9 Å². The normalized spacial score (nSPS) is 11.0. The van der Waals surface area contributed by atoms with Gasteiger partial charge in [-0.05, 0) is 12.1 Å². The lowest BCUT2D eigenvalue weighted by atomic mass is 10.3. The molecule has 0 spiro atoms. The maximum absolute atomic E-state index is 13.5. The molecule has 8 heteroatoms. The lowest BCUT2D eigenvalue weighted by Gasteiger charge is -2.07. The molecule has 0 atom stereocenters. The van der Waals surface area contributed by atoms with Crippen LogP contribution in [0.3, 0.4) is 0 Å². The predicted octanol–water partition coefficient (Wildman–Crippen LogP) is 1.80. The van der Waals surface area contributed by atoms with Gasteiger partial charge in [-0.2, -0.15) is 5.10 Å². The first-order chi connectivity index (χ1) is 10.0. The minimum Gasteiger partial charge on any atom is -0.483 e. The Kier molecular flexibility index (Phi) is 3.13. The van der Waals surface area contributed by atoms with Crippen molar-refractivity contribution in [1.29, 1.82) is 0 Å². The molecular formula is C13H11F2N5O. The van der Waals surface area contributed by atoms with Crippen LogP contribution in [0, 0.1) is 11.6 Å². The van der Waals surface area contributed by atoms with Crippen LogP contribution in [0.4, 0.5) is 14.6 Å². The topological polar surface area (TPSA) is 78.9 Å². The van der Waals surface area contributed by atoms with Gasteiger partial charge in [0.15, 0.2) is 23.0 Å². The van der Waals surface area contributed by atoms with Crippen molar-refractivity contribution in [3.05, 3.63) is 41.9 Å². The number of fused-ring (bicyclic) bond motifs is 1. The molecule has 0 saturated carbocycles. The van der Waals surface area contributed by atoms with E-state index < -0.39 is 11.6 Å². The van der Waals surface area contributed by atoms with E-state index in [4.69, 9.17) is 10.5 Å². The van der Waals surface area contributed by atoms with E-state index >= 15 is 0 Å². The summed E-state index contributed by atoms with van der Waals surface area (Å²) >= 11 is 0. The summed E-state index contributed by atoms with van der Waals surface area (Å²) in [5, 5.41) is 4.67. The maximum atomic E-state index is 13.5. The van der Waals surface area contributed by atoms with Crippen molar-refractivity contribution in [2.24, 2.45) is 7.05 Å². The number of nitrogen functional groups attached to an aromatic ring is 1. The molecule has 2 heterocycles. The summed E-state index contributed by atoms with van der Waals surface area (Å²) < 4.78 is 33.1. The van der Waals surface area contributed by atoms with Gasteiger partial charge in [0.1, 0.15) is 18.2 Å². The standard InChI is InChI=1S/C13H11F2N5O/c1-20-13-8(5-17-20)12(16)18-11(19-13)6-21-10-3-2-7(14)4-9(10)15/h2-5H,6H2,1H3,(H2,16,18,19). The molecule has 21 heavy (non-hydrogen) atoms. The van der Waals surface area contributed by atoms with Crippen LogP contribution in [-0.4, -0.2) is 19.7 Å². The van der Waals surface area contributed by atoms with E-state index in [0.717, 1.165) is 12.1 Å². The molecule has 0 fully saturated rings. The zero-order valence-electron chi connectivity index (χ0n) is 11.0. The fourth-order valence-electron chi connectivity index (χ4n) is 1.89. The average molecular weight is 291 g/mol. The number of nitrogens with zero attached hydrogens (tertiary/aromatic N) is 4. The van der Waals surface area contributed by atoms with Gasteiger partial charge in [0.25, 0.3) is 0 Å². The van der Waals surface area contributed by atoms with Crippen molar-refractivity contribution in [3.8, 4) is 5.75 Å². The minimum atomic E-state index is -0.787. The van der Waals surface area contributed by atoms with Gasteiger partial charge in [-0.1, -0.05) is 0 Å². The Bertz CT molecular complexity index is 818. The molecule has 0 saturated heterocycles. The van der Waals surface area contributed by atoms with E-state index in [0.29, 0.717) is 11.0 Å². The van der Waals surface area contributed by atoms with Crippen molar-refractivity contribution in [2.45, 2.75) is 6.61 Å². The number of aryl methyl sites for hydroxylation is 1. The van der Waals surface area contributed by atoms with E-state index in [-0.39, 0.29) is 24.0 Å². The molecule has 0 unspecified atom stereocenters. The smallest absolute Gasteiger partial charge is 0.170 e. The third kappa shape index (κ3) is 2.47. The minimum absolute atomic E-state index is 0.0799. The summed E-state index contributed by atoms with van der Waals surface area (Å²) in [6, 6.07) is 3.06. The summed E-state index contributed by atoms with van der Waals surface area (Å²) in [5.74, 6) is -0.983. The van der Waals surface area contributed by atoms with E-state index in [1.165, 1.54) is 6.07 Å². The number of hydrogen-bond donors (Lipinski definition) is 1. The van der Waals surface area contributed by atoms with Crippen molar-refractivity contribution in [2.75, 3.05) is 5.73 Å². The Hall–Kier alpha value is -2.77. The van der Waals surface area contributed by atoms with Crippen molar-refractivity contribution in [1.82, 2.24) is 19.7 Å². The summed E-state index contributed by atoms with van der Waals surface area (Å²) in [5.41, 5.74) is 6.36. The Labute approximate surface area is 118 Å². The van der Waals surface area contributed by atoms with Crippen LogP contribution in [0.15, 0.2) is 24.4 Å². The van der Waals surface area contributed by atoms with Gasteiger partial charge in [0.2, 0.25) is 0 Å². The monoisotopic (exact) mass is 291 g/mol. The van der Waals surface area contributed by atoms with Gasteiger partial charge in [-0.3, -0.25) is 4.68 Å². The molecule has 0 radical (unpaired) electrons. The fraction of sp³-hybridized carbons (Fsp3) is 0.154. The number of rotatable bonds is 3. The fourth-order valence-corrected chi connectivity index (χ4v) is 1.89. The van der Waals surface area contributed by atoms with Crippen molar-refractivity contribution in [3.63, 3.8) is 0 Å². The Balaban J connectivity index is 1.86. The largest absolute Gasteiger partial charge is 0.483 e. The van der Waals surface area contributed by atoms with Gasteiger partial charge < -0.3 is 10.5 Å². The molecule has 2 N–H and O–H groups in total. The number of anilines is 1. The second-order valence-electron chi connectivity index (χ2n) is 4.39. The van der Waals surface area contributed by atoms with Crippen LogP contribution in [0.2, 0.25) is 0 Å².